The molecule has 0 radical (unpaired) electrons. The molecule has 0 bridgehead atoms. The van der Waals surface area contributed by atoms with Crippen LogP contribution in [0.1, 0.15) is 27.5 Å². The number of carbonyl (C=O) groups is 1. The summed E-state index contributed by atoms with van der Waals surface area (Å²) >= 11 is 5.43. The van der Waals surface area contributed by atoms with Gasteiger partial charge in [-0.25, -0.2) is 0 Å². The molecule has 25 heavy (non-hydrogen) atoms. The highest BCUT2D eigenvalue weighted by Gasteiger charge is 2.39. The Morgan fingerprint density at radius 2 is 1.56 bits per heavy atom. The second kappa shape index (κ2) is 5.26. The Hall–Kier alpha value is -2.98. The van der Waals surface area contributed by atoms with Crippen molar-refractivity contribution in [2.45, 2.75) is 6.04 Å². The minimum Gasteiger partial charge on any atom is -0.351 e. The molecule has 0 amide bonds. The van der Waals surface area contributed by atoms with Crippen molar-refractivity contribution in [3.8, 4) is 0 Å². The van der Waals surface area contributed by atoms with Gasteiger partial charge in [-0.05, 0) is 28.6 Å². The number of Topliss-reactive ketones (excluding diaryl/α,β-unsaturated/α-hetero) is 1. The van der Waals surface area contributed by atoms with E-state index in [-0.39, 0.29) is 11.8 Å². The smallest absolute Gasteiger partial charge is 0.194 e. The molecule has 3 nitrogen and oxygen atoms in total. The van der Waals surface area contributed by atoms with Gasteiger partial charge in [0.05, 0.1) is 17.3 Å². The lowest BCUT2D eigenvalue weighted by atomic mass is 9.91. The molecule has 0 saturated carbocycles. The zero-order valence-corrected chi connectivity index (χ0v) is 14.1. The largest absolute Gasteiger partial charge is 0.351 e. The van der Waals surface area contributed by atoms with Crippen molar-refractivity contribution in [1.82, 2.24) is 10.6 Å². The molecule has 1 aliphatic carbocycles. The third kappa shape index (κ3) is 2.04. The summed E-state index contributed by atoms with van der Waals surface area (Å²) in [6, 6.07) is 21.8. The van der Waals surface area contributed by atoms with Gasteiger partial charge in [-0.15, -0.1) is 0 Å². The number of rotatable bonds is 1. The summed E-state index contributed by atoms with van der Waals surface area (Å²) in [5, 5.41) is 9.31. The molecule has 1 aliphatic heterocycles. The molecule has 5 rings (SSSR count). The van der Waals surface area contributed by atoms with E-state index in [1.807, 2.05) is 42.5 Å². The van der Waals surface area contributed by atoms with E-state index in [0.717, 1.165) is 38.7 Å². The highest BCUT2D eigenvalue weighted by Crippen LogP contribution is 2.41. The molecule has 1 atom stereocenters. The van der Waals surface area contributed by atoms with E-state index in [0.29, 0.717) is 5.11 Å². The van der Waals surface area contributed by atoms with Gasteiger partial charge in [-0.1, -0.05) is 66.7 Å². The molecule has 3 aromatic carbocycles. The van der Waals surface area contributed by atoms with Crippen LogP contribution in [0.15, 0.2) is 72.3 Å². The van der Waals surface area contributed by atoms with Crippen molar-refractivity contribution < 1.29 is 4.79 Å². The van der Waals surface area contributed by atoms with Gasteiger partial charge in [0.2, 0.25) is 0 Å². The quantitative estimate of drug-likeness (QED) is 0.657. The number of benzene rings is 3. The Morgan fingerprint density at radius 1 is 0.840 bits per heavy atom. The zero-order chi connectivity index (χ0) is 17.0. The Labute approximate surface area is 150 Å². The fraction of sp³-hybridized carbons (Fsp3) is 0.0476. The van der Waals surface area contributed by atoms with Crippen LogP contribution < -0.4 is 10.6 Å². The number of fused-ring (bicyclic) bond motifs is 3. The zero-order valence-electron chi connectivity index (χ0n) is 13.2. The van der Waals surface area contributed by atoms with Crippen LogP contribution in [0.5, 0.6) is 0 Å². The molecule has 3 aromatic rings. The Balaban J connectivity index is 1.76. The lowest BCUT2D eigenvalue weighted by molar-refractivity contribution is 0.103. The normalized spacial score (nSPS) is 18.6. The fourth-order valence-corrected chi connectivity index (χ4v) is 4.02. The van der Waals surface area contributed by atoms with Gasteiger partial charge in [-0.3, -0.25) is 4.79 Å². The Kier molecular flexibility index (Phi) is 3.02. The summed E-state index contributed by atoms with van der Waals surface area (Å²) in [5.74, 6) is 0.0611. The lowest BCUT2D eigenvalue weighted by Gasteiger charge is -2.29. The average Bonchev–Trinajstić information content (AvgIpc) is 2.93. The van der Waals surface area contributed by atoms with E-state index >= 15 is 0 Å². The summed E-state index contributed by atoms with van der Waals surface area (Å²) in [5.41, 5.74) is 4.30. The molecule has 2 aliphatic rings. The van der Waals surface area contributed by atoms with Crippen molar-refractivity contribution in [2.24, 2.45) is 0 Å². The van der Waals surface area contributed by atoms with Crippen molar-refractivity contribution in [1.29, 1.82) is 0 Å². The molecule has 4 heteroatoms. The molecule has 1 heterocycles. The highest BCUT2D eigenvalue weighted by atomic mass is 32.1. The predicted molar refractivity (Wildman–Crippen MR) is 103 cm³/mol. The van der Waals surface area contributed by atoms with E-state index in [1.54, 1.807) is 0 Å². The minimum absolute atomic E-state index is 0.0611. The van der Waals surface area contributed by atoms with Gasteiger partial charge >= 0.3 is 0 Å². The number of nitrogens with one attached hydrogen (secondary N) is 2. The molecule has 0 spiro atoms. The first-order valence-corrected chi connectivity index (χ1v) is 8.58. The first-order valence-electron chi connectivity index (χ1n) is 8.17. The van der Waals surface area contributed by atoms with Gasteiger partial charge in [0, 0.05) is 11.1 Å². The topological polar surface area (TPSA) is 41.1 Å². The van der Waals surface area contributed by atoms with Crippen LogP contribution in [0.3, 0.4) is 0 Å². The average molecular weight is 342 g/mol. The number of hydrogen-bond donors (Lipinski definition) is 2. The molecular formula is C21H14N2OS. The van der Waals surface area contributed by atoms with E-state index < -0.39 is 0 Å². The van der Waals surface area contributed by atoms with Crippen LogP contribution in [0.25, 0.3) is 16.5 Å². The second-order valence-corrected chi connectivity index (χ2v) is 6.67. The van der Waals surface area contributed by atoms with Gasteiger partial charge in [-0.2, -0.15) is 0 Å². The van der Waals surface area contributed by atoms with E-state index in [4.69, 9.17) is 12.2 Å². The lowest BCUT2D eigenvalue weighted by Crippen LogP contribution is -2.43. The molecule has 120 valence electrons. The van der Waals surface area contributed by atoms with Gasteiger partial charge in [0.25, 0.3) is 0 Å². The van der Waals surface area contributed by atoms with Crippen molar-refractivity contribution in [3.63, 3.8) is 0 Å². The summed E-state index contributed by atoms with van der Waals surface area (Å²) in [6.07, 6.45) is 0. The van der Waals surface area contributed by atoms with Crippen LogP contribution in [-0.2, 0) is 0 Å². The van der Waals surface area contributed by atoms with Gasteiger partial charge in [0.15, 0.2) is 10.9 Å². The van der Waals surface area contributed by atoms with E-state index in [2.05, 4.69) is 34.9 Å². The Morgan fingerprint density at radius 3 is 2.44 bits per heavy atom. The monoisotopic (exact) mass is 342 g/mol. The maximum absolute atomic E-state index is 13.1. The second-order valence-electron chi connectivity index (χ2n) is 6.26. The SMILES string of the molecule is O=C1C2=C(NC(=S)NC2c2cccc3ccccc23)c2ccccc21. The standard InChI is InChI=1S/C21H14N2OS/c24-20-16-10-4-3-9-15(16)19-17(20)18(22-21(25)23-19)14-11-5-7-12-6-1-2-8-13(12)14/h1-11,18H,(H2,22,23,25). The maximum Gasteiger partial charge on any atom is 0.194 e. The summed E-state index contributed by atoms with van der Waals surface area (Å²) in [7, 11) is 0. The van der Waals surface area contributed by atoms with Crippen LogP contribution >= 0.6 is 12.2 Å². The fourth-order valence-electron chi connectivity index (χ4n) is 3.80. The third-order valence-corrected chi connectivity index (χ3v) is 5.11. The first kappa shape index (κ1) is 14.4. The highest BCUT2D eigenvalue weighted by molar-refractivity contribution is 7.80. The molecule has 0 fully saturated rings. The number of hydrogen-bond acceptors (Lipinski definition) is 2. The van der Waals surface area contributed by atoms with Gasteiger partial charge < -0.3 is 10.6 Å². The molecule has 0 saturated heterocycles. The van der Waals surface area contributed by atoms with Crippen molar-refractivity contribution >= 4 is 39.6 Å². The summed E-state index contributed by atoms with van der Waals surface area (Å²) < 4.78 is 0. The maximum atomic E-state index is 13.1. The summed E-state index contributed by atoms with van der Waals surface area (Å²) in [4.78, 5) is 13.1. The van der Waals surface area contributed by atoms with E-state index in [9.17, 15) is 4.79 Å². The molecule has 1 unspecified atom stereocenters. The predicted octanol–water partition coefficient (Wildman–Crippen LogP) is 3.97. The summed E-state index contributed by atoms with van der Waals surface area (Å²) in [6.45, 7) is 0. The number of carbonyl (C=O) groups excluding carboxylic acids is 1. The van der Waals surface area contributed by atoms with Crippen LogP contribution in [0, 0.1) is 0 Å². The van der Waals surface area contributed by atoms with Crippen LogP contribution in [0.4, 0.5) is 0 Å². The molecule has 2 N–H and O–H groups in total. The van der Waals surface area contributed by atoms with Crippen LogP contribution in [-0.4, -0.2) is 10.9 Å². The van der Waals surface area contributed by atoms with Crippen molar-refractivity contribution in [2.75, 3.05) is 0 Å². The first-order chi connectivity index (χ1) is 12.2. The van der Waals surface area contributed by atoms with Crippen molar-refractivity contribution in [3.05, 3.63) is 89.0 Å². The Bertz CT molecular complexity index is 1090. The van der Waals surface area contributed by atoms with Gasteiger partial charge in [0.1, 0.15) is 0 Å². The van der Waals surface area contributed by atoms with Crippen LogP contribution in [0.2, 0.25) is 0 Å². The van der Waals surface area contributed by atoms with E-state index in [1.165, 1.54) is 0 Å². The molecular weight excluding hydrogens is 328 g/mol. The number of thiocarbonyl (C=S) groups is 1. The minimum atomic E-state index is -0.255. The number of ketones is 1. The molecule has 0 aromatic heterocycles. The third-order valence-electron chi connectivity index (χ3n) is 4.89.